The molecule has 2 aliphatic rings. The van der Waals surface area contributed by atoms with Gasteiger partial charge in [-0.05, 0) is 31.7 Å². The van der Waals surface area contributed by atoms with E-state index in [9.17, 15) is 4.39 Å². The Morgan fingerprint density at radius 2 is 2.13 bits per heavy atom. The molecular weight excluding hydrogens is 303 g/mol. The van der Waals surface area contributed by atoms with E-state index >= 15 is 0 Å². The molecule has 2 fully saturated rings. The molecule has 2 aliphatic heterocycles. The van der Waals surface area contributed by atoms with Crippen LogP contribution in [0.1, 0.15) is 46.1 Å². The van der Waals surface area contributed by atoms with Crippen LogP contribution in [-0.4, -0.2) is 30.4 Å². The number of rotatable bonds is 6. The Morgan fingerprint density at radius 1 is 1.35 bits per heavy atom. The minimum Gasteiger partial charge on any atom is -0.439 e. The molecule has 2 saturated heterocycles. The first-order valence-electron chi connectivity index (χ1n) is 8.26. The molecule has 0 aromatic carbocycles. The van der Waals surface area contributed by atoms with Crippen molar-refractivity contribution in [2.45, 2.75) is 77.5 Å². The van der Waals surface area contributed by atoms with Crippen molar-refractivity contribution in [3.8, 4) is 0 Å². The predicted octanol–water partition coefficient (Wildman–Crippen LogP) is 3.62. The molecule has 0 bridgehead atoms. The molecule has 3 heterocycles. The summed E-state index contributed by atoms with van der Waals surface area (Å²) in [5.74, 6) is -0.200. The topological polar surface area (TPSA) is 50.1 Å². The van der Waals surface area contributed by atoms with Gasteiger partial charge in [-0.25, -0.2) is 0 Å². The van der Waals surface area contributed by atoms with E-state index < -0.39 is 18.1 Å². The van der Waals surface area contributed by atoms with E-state index in [4.69, 9.17) is 18.9 Å². The molecule has 1 aromatic rings. The Balaban J connectivity index is 1.70. The molecule has 0 saturated carbocycles. The Morgan fingerprint density at radius 3 is 2.74 bits per heavy atom. The highest BCUT2D eigenvalue weighted by Crippen LogP contribution is 2.42. The minimum atomic E-state index is -0.652. The van der Waals surface area contributed by atoms with Gasteiger partial charge in [0, 0.05) is 0 Å². The standard InChI is InChI=1S/C17H25FO5/c1-5-17(4)22-14-13(20-9-11-6-7-19-15(11)18)12(8-10(2)3)21-16(14)23-17/h6-7,10,12-14,16H,5,8-9H2,1-4H3/t12-,13+,14-,16-,17?/m1/s1. The summed E-state index contributed by atoms with van der Waals surface area (Å²) in [7, 11) is 0. The lowest BCUT2D eigenvalue weighted by Crippen LogP contribution is -2.38. The van der Waals surface area contributed by atoms with E-state index in [-0.39, 0.29) is 24.9 Å². The van der Waals surface area contributed by atoms with Gasteiger partial charge in [-0.2, -0.15) is 4.39 Å². The van der Waals surface area contributed by atoms with Gasteiger partial charge < -0.3 is 23.4 Å². The molecule has 0 aliphatic carbocycles. The highest BCUT2D eigenvalue weighted by atomic mass is 19.1. The number of hydrogen-bond acceptors (Lipinski definition) is 5. The van der Waals surface area contributed by atoms with Crippen LogP contribution in [0.5, 0.6) is 0 Å². The normalized spacial score (nSPS) is 36.8. The first-order valence-corrected chi connectivity index (χ1v) is 8.26. The first-order chi connectivity index (χ1) is 10.9. The molecule has 0 N–H and O–H groups in total. The number of hydrogen-bond donors (Lipinski definition) is 0. The maximum Gasteiger partial charge on any atom is 0.283 e. The molecule has 5 atom stereocenters. The zero-order valence-corrected chi connectivity index (χ0v) is 14.1. The maximum absolute atomic E-state index is 13.4. The third-order valence-corrected chi connectivity index (χ3v) is 4.49. The molecule has 0 radical (unpaired) electrons. The predicted molar refractivity (Wildman–Crippen MR) is 80.0 cm³/mol. The number of furan rings is 1. The number of ether oxygens (including phenoxy) is 4. The van der Waals surface area contributed by atoms with Crippen LogP contribution < -0.4 is 0 Å². The molecule has 3 rings (SSSR count). The van der Waals surface area contributed by atoms with Crippen molar-refractivity contribution < 1.29 is 27.8 Å². The Hall–Kier alpha value is -0.950. The average Bonchev–Trinajstić information content (AvgIpc) is 3.11. The number of fused-ring (bicyclic) bond motifs is 1. The van der Waals surface area contributed by atoms with Crippen LogP contribution in [0.2, 0.25) is 0 Å². The molecule has 5 nitrogen and oxygen atoms in total. The van der Waals surface area contributed by atoms with E-state index in [0.717, 1.165) is 12.8 Å². The lowest BCUT2D eigenvalue weighted by Gasteiger charge is -2.28. The van der Waals surface area contributed by atoms with Crippen molar-refractivity contribution in [1.29, 1.82) is 0 Å². The molecule has 130 valence electrons. The van der Waals surface area contributed by atoms with Crippen LogP contribution >= 0.6 is 0 Å². The monoisotopic (exact) mass is 328 g/mol. The molecule has 1 aromatic heterocycles. The van der Waals surface area contributed by atoms with E-state index in [0.29, 0.717) is 11.5 Å². The van der Waals surface area contributed by atoms with Crippen LogP contribution in [0.15, 0.2) is 16.7 Å². The zero-order chi connectivity index (χ0) is 16.6. The fourth-order valence-corrected chi connectivity index (χ4v) is 3.10. The van der Waals surface area contributed by atoms with Gasteiger partial charge in [-0.1, -0.05) is 20.8 Å². The van der Waals surface area contributed by atoms with Gasteiger partial charge in [0.25, 0.3) is 6.01 Å². The van der Waals surface area contributed by atoms with Crippen molar-refractivity contribution in [2.75, 3.05) is 0 Å². The average molecular weight is 328 g/mol. The lowest BCUT2D eigenvalue weighted by atomic mass is 10.0. The third kappa shape index (κ3) is 3.45. The van der Waals surface area contributed by atoms with E-state index in [1.165, 1.54) is 6.26 Å². The second kappa shape index (κ2) is 6.51. The first kappa shape index (κ1) is 16.9. The van der Waals surface area contributed by atoms with Crippen LogP contribution in [-0.2, 0) is 25.6 Å². The summed E-state index contributed by atoms with van der Waals surface area (Å²) < 4.78 is 42.1. The fraction of sp³-hybridized carbons (Fsp3) is 0.765. The molecular formula is C17H25FO5. The zero-order valence-electron chi connectivity index (χ0n) is 14.1. The van der Waals surface area contributed by atoms with Crippen molar-refractivity contribution in [1.82, 2.24) is 0 Å². The van der Waals surface area contributed by atoms with Crippen LogP contribution in [0, 0.1) is 11.9 Å². The van der Waals surface area contributed by atoms with Gasteiger partial charge in [0.15, 0.2) is 12.1 Å². The minimum absolute atomic E-state index is 0.124. The molecule has 1 unspecified atom stereocenters. The summed E-state index contributed by atoms with van der Waals surface area (Å²) >= 11 is 0. The smallest absolute Gasteiger partial charge is 0.283 e. The van der Waals surface area contributed by atoms with Gasteiger partial charge in [0.1, 0.15) is 12.2 Å². The summed E-state index contributed by atoms with van der Waals surface area (Å²) in [4.78, 5) is 0. The highest BCUT2D eigenvalue weighted by Gasteiger charge is 2.56. The second-order valence-electron chi connectivity index (χ2n) is 6.86. The molecule has 6 heteroatoms. The van der Waals surface area contributed by atoms with Crippen molar-refractivity contribution >= 4 is 0 Å². The summed E-state index contributed by atoms with van der Waals surface area (Å²) in [6, 6.07) is 0.963. The van der Waals surface area contributed by atoms with E-state index in [1.807, 2.05) is 13.8 Å². The van der Waals surface area contributed by atoms with Gasteiger partial charge in [0.2, 0.25) is 0 Å². The highest BCUT2D eigenvalue weighted by molar-refractivity contribution is 5.06. The largest absolute Gasteiger partial charge is 0.439 e. The summed E-state index contributed by atoms with van der Waals surface area (Å²) in [6.45, 7) is 8.28. The molecule has 0 spiro atoms. The van der Waals surface area contributed by atoms with Crippen molar-refractivity contribution in [3.63, 3.8) is 0 Å². The molecule has 23 heavy (non-hydrogen) atoms. The van der Waals surface area contributed by atoms with Crippen LogP contribution in [0.3, 0.4) is 0 Å². The van der Waals surface area contributed by atoms with Crippen LogP contribution in [0.25, 0.3) is 0 Å². The van der Waals surface area contributed by atoms with Gasteiger partial charge in [0.05, 0.1) is 24.5 Å². The van der Waals surface area contributed by atoms with Gasteiger partial charge in [-0.15, -0.1) is 0 Å². The lowest BCUT2D eigenvalue weighted by molar-refractivity contribution is -0.230. The Labute approximate surface area is 136 Å². The summed E-state index contributed by atoms with van der Waals surface area (Å²) in [5, 5.41) is 0. The SMILES string of the molecule is CCC1(C)O[C@H]2O[C@H](CC(C)C)[C@H](OCc3ccoc3F)[C@H]2O1. The van der Waals surface area contributed by atoms with Crippen LogP contribution in [0.4, 0.5) is 4.39 Å². The second-order valence-corrected chi connectivity index (χ2v) is 6.86. The summed E-state index contributed by atoms with van der Waals surface area (Å²) in [6.07, 6.45) is 1.74. The summed E-state index contributed by atoms with van der Waals surface area (Å²) in [5.41, 5.74) is 0.397. The van der Waals surface area contributed by atoms with Gasteiger partial charge >= 0.3 is 0 Å². The number of halogens is 1. The third-order valence-electron chi connectivity index (χ3n) is 4.49. The Bertz CT molecular complexity index is 531. The fourth-order valence-electron chi connectivity index (χ4n) is 3.10. The van der Waals surface area contributed by atoms with Crippen molar-refractivity contribution in [2.24, 2.45) is 5.92 Å². The van der Waals surface area contributed by atoms with E-state index in [1.54, 1.807) is 6.07 Å². The van der Waals surface area contributed by atoms with E-state index in [2.05, 4.69) is 18.3 Å². The van der Waals surface area contributed by atoms with Crippen molar-refractivity contribution in [3.05, 3.63) is 23.9 Å². The Kier molecular flexibility index (Phi) is 4.78. The molecule has 0 amide bonds. The quantitative estimate of drug-likeness (QED) is 0.798. The van der Waals surface area contributed by atoms with Gasteiger partial charge in [-0.3, -0.25) is 0 Å². The maximum atomic E-state index is 13.4.